The third kappa shape index (κ3) is 2.33. The van der Waals surface area contributed by atoms with Crippen molar-refractivity contribution in [3.63, 3.8) is 0 Å². The standard InChI is InChI=1S/C18H19ClN2/c19-15-6-7-16-13(11-15)5-8-18(16)21-10-9-20-12-14-3-1-2-4-17(14)21/h1-4,6-7,11,18,20H,5,8-10,12H2. The van der Waals surface area contributed by atoms with Gasteiger partial charge in [-0.15, -0.1) is 0 Å². The van der Waals surface area contributed by atoms with Gasteiger partial charge in [0.2, 0.25) is 0 Å². The van der Waals surface area contributed by atoms with Gasteiger partial charge < -0.3 is 10.2 Å². The van der Waals surface area contributed by atoms with Gasteiger partial charge in [0.15, 0.2) is 0 Å². The highest BCUT2D eigenvalue weighted by molar-refractivity contribution is 6.30. The monoisotopic (exact) mass is 298 g/mol. The molecule has 0 saturated heterocycles. The molecule has 0 spiro atoms. The predicted molar refractivity (Wildman–Crippen MR) is 88.0 cm³/mol. The number of nitrogens with zero attached hydrogens (tertiary/aromatic N) is 1. The Labute approximate surface area is 130 Å². The van der Waals surface area contributed by atoms with Crippen LogP contribution in [0, 0.1) is 0 Å². The first-order chi connectivity index (χ1) is 10.3. The maximum absolute atomic E-state index is 6.14. The third-order valence-corrected chi connectivity index (χ3v) is 4.91. The van der Waals surface area contributed by atoms with Crippen molar-refractivity contribution in [2.24, 2.45) is 0 Å². The van der Waals surface area contributed by atoms with Gasteiger partial charge in [-0.05, 0) is 47.7 Å². The van der Waals surface area contributed by atoms with Gasteiger partial charge in [-0.2, -0.15) is 0 Å². The Balaban J connectivity index is 1.75. The number of anilines is 1. The molecule has 108 valence electrons. The molecule has 3 heteroatoms. The molecule has 1 unspecified atom stereocenters. The fourth-order valence-corrected chi connectivity index (χ4v) is 3.89. The fourth-order valence-electron chi connectivity index (χ4n) is 3.69. The molecule has 0 radical (unpaired) electrons. The molecule has 0 saturated carbocycles. The van der Waals surface area contributed by atoms with Gasteiger partial charge in [-0.3, -0.25) is 0 Å². The van der Waals surface area contributed by atoms with Crippen molar-refractivity contribution in [2.45, 2.75) is 25.4 Å². The second-order valence-corrected chi connectivity index (χ2v) is 6.33. The summed E-state index contributed by atoms with van der Waals surface area (Å²) in [6, 6.07) is 15.6. The zero-order valence-corrected chi connectivity index (χ0v) is 12.7. The van der Waals surface area contributed by atoms with Crippen LogP contribution in [0.3, 0.4) is 0 Å². The number of rotatable bonds is 1. The number of halogens is 1. The predicted octanol–water partition coefficient (Wildman–Crippen LogP) is 3.94. The number of para-hydroxylation sites is 1. The van der Waals surface area contributed by atoms with E-state index in [0.717, 1.165) is 31.1 Å². The zero-order valence-electron chi connectivity index (χ0n) is 12.0. The number of fused-ring (bicyclic) bond motifs is 2. The van der Waals surface area contributed by atoms with Crippen molar-refractivity contribution < 1.29 is 0 Å². The first-order valence-corrected chi connectivity index (χ1v) is 8.04. The van der Waals surface area contributed by atoms with Gasteiger partial charge in [0.05, 0.1) is 6.04 Å². The summed E-state index contributed by atoms with van der Waals surface area (Å²) in [7, 11) is 0. The van der Waals surface area contributed by atoms with Gasteiger partial charge >= 0.3 is 0 Å². The minimum atomic E-state index is 0.485. The van der Waals surface area contributed by atoms with Crippen LogP contribution >= 0.6 is 11.6 Å². The fraction of sp³-hybridized carbons (Fsp3) is 0.333. The summed E-state index contributed by atoms with van der Waals surface area (Å²) in [4.78, 5) is 2.58. The highest BCUT2D eigenvalue weighted by Gasteiger charge is 2.29. The molecule has 1 aliphatic heterocycles. The summed E-state index contributed by atoms with van der Waals surface area (Å²) in [5.41, 5.74) is 5.66. The van der Waals surface area contributed by atoms with Gasteiger partial charge in [-0.1, -0.05) is 35.9 Å². The van der Waals surface area contributed by atoms with Crippen LogP contribution in [-0.2, 0) is 13.0 Å². The molecular formula is C18H19ClN2. The SMILES string of the molecule is Clc1ccc2c(c1)CCC2N1CCNCc2ccccc21. The van der Waals surface area contributed by atoms with Gasteiger partial charge in [-0.25, -0.2) is 0 Å². The van der Waals surface area contributed by atoms with Crippen LogP contribution in [0.4, 0.5) is 5.69 Å². The van der Waals surface area contributed by atoms with Crippen LogP contribution in [0.25, 0.3) is 0 Å². The Kier molecular flexibility index (Phi) is 3.36. The minimum absolute atomic E-state index is 0.485. The number of aryl methyl sites for hydroxylation is 1. The number of benzene rings is 2. The molecule has 2 nitrogen and oxygen atoms in total. The van der Waals surface area contributed by atoms with Crippen molar-refractivity contribution in [1.82, 2.24) is 5.32 Å². The van der Waals surface area contributed by atoms with Crippen LogP contribution in [0.15, 0.2) is 42.5 Å². The second-order valence-electron chi connectivity index (χ2n) is 5.90. The van der Waals surface area contributed by atoms with E-state index in [0.29, 0.717) is 6.04 Å². The maximum Gasteiger partial charge on any atom is 0.0549 e. The summed E-state index contributed by atoms with van der Waals surface area (Å²) in [5.74, 6) is 0. The lowest BCUT2D eigenvalue weighted by Gasteiger charge is -2.32. The average molecular weight is 299 g/mol. The van der Waals surface area contributed by atoms with E-state index in [4.69, 9.17) is 11.6 Å². The zero-order chi connectivity index (χ0) is 14.2. The smallest absolute Gasteiger partial charge is 0.0549 e. The summed E-state index contributed by atoms with van der Waals surface area (Å²) >= 11 is 6.14. The van der Waals surface area contributed by atoms with E-state index in [9.17, 15) is 0 Å². The first-order valence-electron chi connectivity index (χ1n) is 7.66. The van der Waals surface area contributed by atoms with E-state index in [1.807, 2.05) is 6.07 Å². The molecule has 0 bridgehead atoms. The molecular weight excluding hydrogens is 280 g/mol. The number of hydrogen-bond donors (Lipinski definition) is 1. The summed E-state index contributed by atoms with van der Waals surface area (Å²) in [6.45, 7) is 3.06. The Morgan fingerprint density at radius 3 is 2.95 bits per heavy atom. The van der Waals surface area contributed by atoms with Crippen LogP contribution in [0.5, 0.6) is 0 Å². The topological polar surface area (TPSA) is 15.3 Å². The first kappa shape index (κ1) is 13.2. The third-order valence-electron chi connectivity index (χ3n) is 4.67. The van der Waals surface area contributed by atoms with Gasteiger partial charge in [0.25, 0.3) is 0 Å². The van der Waals surface area contributed by atoms with E-state index in [1.165, 1.54) is 28.8 Å². The Hall–Kier alpha value is -1.51. The van der Waals surface area contributed by atoms with E-state index in [1.54, 1.807) is 0 Å². The molecule has 0 amide bonds. The molecule has 2 aliphatic rings. The second kappa shape index (κ2) is 5.36. The molecule has 0 aromatic heterocycles. The molecule has 4 rings (SSSR count). The summed E-state index contributed by atoms with van der Waals surface area (Å²) in [6.07, 6.45) is 2.32. The van der Waals surface area contributed by atoms with Crippen LogP contribution < -0.4 is 10.2 Å². The van der Waals surface area contributed by atoms with Crippen LogP contribution in [-0.4, -0.2) is 13.1 Å². The van der Waals surface area contributed by atoms with E-state index in [2.05, 4.69) is 46.6 Å². The quantitative estimate of drug-likeness (QED) is 0.858. The summed E-state index contributed by atoms with van der Waals surface area (Å²) in [5, 5.41) is 4.38. The van der Waals surface area contributed by atoms with Crippen molar-refractivity contribution in [1.29, 1.82) is 0 Å². The Morgan fingerprint density at radius 1 is 1.10 bits per heavy atom. The highest BCUT2D eigenvalue weighted by atomic mass is 35.5. The van der Waals surface area contributed by atoms with E-state index >= 15 is 0 Å². The molecule has 21 heavy (non-hydrogen) atoms. The van der Waals surface area contributed by atoms with Gasteiger partial charge in [0, 0.05) is 30.3 Å². The molecule has 0 fully saturated rings. The lowest BCUT2D eigenvalue weighted by molar-refractivity contribution is 0.600. The minimum Gasteiger partial charge on any atom is -0.363 e. The van der Waals surface area contributed by atoms with Crippen molar-refractivity contribution in [3.05, 3.63) is 64.2 Å². The molecule has 1 atom stereocenters. The lowest BCUT2D eigenvalue weighted by Crippen LogP contribution is -2.31. The normalized spacial score (nSPS) is 20.8. The largest absolute Gasteiger partial charge is 0.363 e. The highest BCUT2D eigenvalue weighted by Crippen LogP contribution is 2.40. The number of nitrogens with one attached hydrogen (secondary N) is 1. The van der Waals surface area contributed by atoms with E-state index < -0.39 is 0 Å². The Morgan fingerprint density at radius 2 is 2.00 bits per heavy atom. The van der Waals surface area contributed by atoms with Crippen LogP contribution in [0.1, 0.15) is 29.2 Å². The van der Waals surface area contributed by atoms with Gasteiger partial charge in [0.1, 0.15) is 0 Å². The summed E-state index contributed by atoms with van der Waals surface area (Å²) < 4.78 is 0. The molecule has 2 aromatic carbocycles. The average Bonchev–Trinajstić information content (AvgIpc) is 2.79. The molecule has 1 heterocycles. The molecule has 1 aliphatic carbocycles. The maximum atomic E-state index is 6.14. The van der Waals surface area contributed by atoms with Crippen molar-refractivity contribution in [3.8, 4) is 0 Å². The van der Waals surface area contributed by atoms with Crippen LogP contribution in [0.2, 0.25) is 5.02 Å². The number of hydrogen-bond acceptors (Lipinski definition) is 2. The van der Waals surface area contributed by atoms with Crippen molar-refractivity contribution in [2.75, 3.05) is 18.0 Å². The van der Waals surface area contributed by atoms with E-state index in [-0.39, 0.29) is 0 Å². The molecule has 2 aromatic rings. The van der Waals surface area contributed by atoms with Crippen molar-refractivity contribution >= 4 is 17.3 Å². The lowest BCUT2D eigenvalue weighted by atomic mass is 10.0. The molecule has 1 N–H and O–H groups in total. The Bertz CT molecular complexity index is 668.